The number of nitrogens with zero attached hydrogens (tertiary/aromatic N) is 1. The van der Waals surface area contributed by atoms with E-state index in [1.165, 1.54) is 0 Å². The maximum absolute atomic E-state index is 11.2. The van der Waals surface area contributed by atoms with Gasteiger partial charge in [0.05, 0.1) is 12.1 Å². The van der Waals surface area contributed by atoms with Crippen LogP contribution in [0.3, 0.4) is 0 Å². The quantitative estimate of drug-likeness (QED) is 0.683. The first kappa shape index (κ1) is 10.8. The summed E-state index contributed by atoms with van der Waals surface area (Å²) in [5.74, 6) is -0.104. The van der Waals surface area contributed by atoms with Crippen LogP contribution in [0.5, 0.6) is 0 Å². The molecule has 0 aliphatic heterocycles. The van der Waals surface area contributed by atoms with Crippen LogP contribution in [-0.4, -0.2) is 41.0 Å². The summed E-state index contributed by atoms with van der Waals surface area (Å²) in [4.78, 5) is 12.8. The number of aliphatic hydroxyl groups is 1. The van der Waals surface area contributed by atoms with Crippen LogP contribution in [0.2, 0.25) is 0 Å². The average molecular weight is 206 g/mol. The van der Waals surface area contributed by atoms with Crippen molar-refractivity contribution >= 4 is 17.5 Å². The van der Waals surface area contributed by atoms with Crippen LogP contribution in [0.25, 0.3) is 0 Å². The van der Waals surface area contributed by atoms with Crippen LogP contribution in [-0.2, 0) is 4.79 Å². The van der Waals surface area contributed by atoms with Gasteiger partial charge in [-0.05, 0) is 12.8 Å². The van der Waals surface area contributed by atoms with E-state index in [2.05, 4.69) is 0 Å². The van der Waals surface area contributed by atoms with Crippen LogP contribution >= 0.6 is 11.6 Å². The number of rotatable bonds is 2. The van der Waals surface area contributed by atoms with Crippen LogP contribution < -0.4 is 0 Å². The molecule has 4 heteroatoms. The van der Waals surface area contributed by atoms with Gasteiger partial charge in [0.2, 0.25) is 5.91 Å². The average Bonchev–Trinajstić information content (AvgIpc) is 2.16. The van der Waals surface area contributed by atoms with Crippen LogP contribution in [0.15, 0.2) is 0 Å². The van der Waals surface area contributed by atoms with E-state index in [9.17, 15) is 9.90 Å². The molecule has 1 amide bonds. The molecule has 0 saturated heterocycles. The second-order valence-corrected chi connectivity index (χ2v) is 3.82. The van der Waals surface area contributed by atoms with Gasteiger partial charge in [0.25, 0.3) is 0 Å². The fourth-order valence-corrected chi connectivity index (χ4v) is 2.01. The van der Waals surface area contributed by atoms with Gasteiger partial charge in [0.15, 0.2) is 0 Å². The van der Waals surface area contributed by atoms with Gasteiger partial charge >= 0.3 is 0 Å². The van der Waals surface area contributed by atoms with Crippen molar-refractivity contribution in [1.29, 1.82) is 0 Å². The molecule has 13 heavy (non-hydrogen) atoms. The molecule has 0 unspecified atom stereocenters. The predicted octanol–water partition coefficient (Wildman–Crippen LogP) is 0.987. The highest BCUT2D eigenvalue weighted by Gasteiger charge is 2.28. The molecule has 0 spiro atoms. The summed E-state index contributed by atoms with van der Waals surface area (Å²) in [5.41, 5.74) is 0. The largest absolute Gasteiger partial charge is 0.391 e. The number of likely N-dealkylation sites (N-methyl/N-ethyl adjacent to an activating group) is 1. The highest BCUT2D eigenvalue weighted by atomic mass is 35.5. The van der Waals surface area contributed by atoms with Crippen molar-refractivity contribution in [2.45, 2.75) is 37.8 Å². The topological polar surface area (TPSA) is 40.5 Å². The van der Waals surface area contributed by atoms with E-state index in [4.69, 9.17) is 11.6 Å². The summed E-state index contributed by atoms with van der Waals surface area (Å²) in [5, 5.41) is 9.65. The van der Waals surface area contributed by atoms with E-state index in [1.54, 1.807) is 11.9 Å². The summed E-state index contributed by atoms with van der Waals surface area (Å²) < 4.78 is 0. The molecule has 0 aromatic heterocycles. The Morgan fingerprint density at radius 1 is 1.54 bits per heavy atom. The minimum atomic E-state index is -0.370. The highest BCUT2D eigenvalue weighted by Crippen LogP contribution is 2.22. The molecule has 3 nitrogen and oxygen atoms in total. The molecular formula is C9H16ClNO2. The van der Waals surface area contributed by atoms with Gasteiger partial charge in [-0.3, -0.25) is 4.79 Å². The second kappa shape index (κ2) is 4.82. The van der Waals surface area contributed by atoms with Gasteiger partial charge in [-0.25, -0.2) is 0 Å². The smallest absolute Gasteiger partial charge is 0.237 e. The Labute approximate surface area is 83.7 Å². The van der Waals surface area contributed by atoms with Gasteiger partial charge in [-0.1, -0.05) is 12.8 Å². The third-order valence-corrected chi connectivity index (χ3v) is 2.93. The second-order valence-electron chi connectivity index (χ2n) is 3.56. The number of hydrogen-bond acceptors (Lipinski definition) is 2. The normalized spacial score (nSPS) is 28.5. The number of halogens is 1. The lowest BCUT2D eigenvalue weighted by Crippen LogP contribution is -2.46. The van der Waals surface area contributed by atoms with Crippen molar-refractivity contribution in [2.24, 2.45) is 0 Å². The van der Waals surface area contributed by atoms with Gasteiger partial charge in [-0.15, -0.1) is 11.6 Å². The van der Waals surface area contributed by atoms with E-state index in [0.717, 1.165) is 25.7 Å². The minimum Gasteiger partial charge on any atom is -0.391 e. The Bertz CT molecular complexity index is 186. The maximum atomic E-state index is 11.2. The summed E-state index contributed by atoms with van der Waals surface area (Å²) in [6.45, 7) is 0. The van der Waals surface area contributed by atoms with Crippen molar-refractivity contribution in [1.82, 2.24) is 4.90 Å². The Hall–Kier alpha value is -0.280. The summed E-state index contributed by atoms with van der Waals surface area (Å²) in [7, 11) is 1.71. The SMILES string of the molecule is CN(C(=O)CCl)[C@@H]1CCCC[C@@H]1O. The first-order chi connectivity index (χ1) is 6.16. The molecule has 0 radical (unpaired) electrons. The zero-order valence-corrected chi connectivity index (χ0v) is 8.63. The number of carbonyl (C=O) groups excluding carboxylic acids is 1. The summed E-state index contributed by atoms with van der Waals surface area (Å²) in [6.07, 6.45) is 3.46. The van der Waals surface area contributed by atoms with Crippen LogP contribution in [0.4, 0.5) is 0 Å². The zero-order chi connectivity index (χ0) is 9.84. The van der Waals surface area contributed by atoms with Gasteiger partial charge in [0, 0.05) is 7.05 Å². The number of alkyl halides is 1. The minimum absolute atomic E-state index is 0.000278. The zero-order valence-electron chi connectivity index (χ0n) is 7.87. The van der Waals surface area contributed by atoms with Crippen LogP contribution in [0.1, 0.15) is 25.7 Å². The Balaban J connectivity index is 2.53. The van der Waals surface area contributed by atoms with E-state index >= 15 is 0 Å². The summed E-state index contributed by atoms with van der Waals surface area (Å²) >= 11 is 5.44. The first-order valence-corrected chi connectivity index (χ1v) is 5.20. The number of amides is 1. The molecule has 1 fully saturated rings. The molecule has 1 aliphatic rings. The van der Waals surface area contributed by atoms with E-state index in [-0.39, 0.29) is 23.9 Å². The molecule has 0 bridgehead atoms. The van der Waals surface area contributed by atoms with Crippen molar-refractivity contribution < 1.29 is 9.90 Å². The Morgan fingerprint density at radius 3 is 2.69 bits per heavy atom. The molecule has 2 atom stereocenters. The predicted molar refractivity (Wildman–Crippen MR) is 51.8 cm³/mol. The van der Waals surface area contributed by atoms with Crippen LogP contribution in [0, 0.1) is 0 Å². The molecule has 76 valence electrons. The number of aliphatic hydroxyl groups excluding tert-OH is 1. The van der Waals surface area contributed by atoms with E-state index in [1.807, 2.05) is 0 Å². The van der Waals surface area contributed by atoms with Crippen molar-refractivity contribution in [3.05, 3.63) is 0 Å². The van der Waals surface area contributed by atoms with Crippen molar-refractivity contribution in [3.8, 4) is 0 Å². The fourth-order valence-electron chi connectivity index (χ4n) is 1.82. The molecule has 1 rings (SSSR count). The standard InChI is InChI=1S/C9H16ClNO2/c1-11(9(13)6-10)7-4-2-3-5-8(7)12/h7-8,12H,2-6H2,1H3/t7-,8+/m1/s1. The third-order valence-electron chi connectivity index (χ3n) is 2.70. The Morgan fingerprint density at radius 2 is 2.15 bits per heavy atom. The van der Waals surface area contributed by atoms with Gasteiger partial charge in [-0.2, -0.15) is 0 Å². The highest BCUT2D eigenvalue weighted by molar-refractivity contribution is 6.27. The molecule has 1 N–H and O–H groups in total. The first-order valence-electron chi connectivity index (χ1n) is 4.66. The van der Waals surface area contributed by atoms with Crippen molar-refractivity contribution in [2.75, 3.05) is 12.9 Å². The lowest BCUT2D eigenvalue weighted by atomic mass is 9.91. The number of carbonyl (C=O) groups is 1. The van der Waals surface area contributed by atoms with E-state index in [0.29, 0.717) is 0 Å². The third kappa shape index (κ3) is 2.58. The monoisotopic (exact) mass is 205 g/mol. The maximum Gasteiger partial charge on any atom is 0.237 e. The Kier molecular flexibility index (Phi) is 4.00. The molecule has 0 aromatic carbocycles. The van der Waals surface area contributed by atoms with E-state index < -0.39 is 0 Å². The van der Waals surface area contributed by atoms with Gasteiger partial charge in [0.1, 0.15) is 5.88 Å². The fraction of sp³-hybridized carbons (Fsp3) is 0.889. The lowest BCUT2D eigenvalue weighted by Gasteiger charge is -2.34. The molecule has 0 aromatic rings. The van der Waals surface area contributed by atoms with Gasteiger partial charge < -0.3 is 10.0 Å². The molecule has 1 aliphatic carbocycles. The molecule has 0 heterocycles. The molecular weight excluding hydrogens is 190 g/mol. The summed E-state index contributed by atoms with van der Waals surface area (Å²) in [6, 6.07) is -0.0278. The van der Waals surface area contributed by atoms with Crippen molar-refractivity contribution in [3.63, 3.8) is 0 Å². The molecule has 1 saturated carbocycles. The lowest BCUT2D eigenvalue weighted by molar-refractivity contribution is -0.132. The number of hydrogen-bond donors (Lipinski definition) is 1.